The van der Waals surface area contributed by atoms with Gasteiger partial charge in [0.15, 0.2) is 0 Å². The molecule has 0 aliphatic carbocycles. The number of aromatic amines is 1. The van der Waals surface area contributed by atoms with Crippen molar-refractivity contribution in [3.8, 4) is 0 Å². The molecule has 30 heavy (non-hydrogen) atoms. The minimum atomic E-state index is -2.01. The first-order chi connectivity index (χ1) is 14.2. The van der Waals surface area contributed by atoms with E-state index in [1.165, 1.54) is 49.5 Å². The molecule has 1 saturated heterocycles. The number of rotatable bonds is 4. The summed E-state index contributed by atoms with van der Waals surface area (Å²) >= 11 is 0. The van der Waals surface area contributed by atoms with Crippen molar-refractivity contribution in [2.75, 3.05) is 0 Å². The highest BCUT2D eigenvalue weighted by molar-refractivity contribution is 6.00. The number of alkyl halides is 1. The van der Waals surface area contributed by atoms with Crippen LogP contribution in [0, 0.1) is 11.6 Å². The fraction of sp³-hybridized carbons (Fsp3) is 0.238. The molecule has 9 heteroatoms. The zero-order valence-electron chi connectivity index (χ0n) is 15.7. The first-order valence-electron chi connectivity index (χ1n) is 9.19. The molecule has 2 aromatic carbocycles. The predicted molar refractivity (Wildman–Crippen MR) is 102 cm³/mol. The summed E-state index contributed by atoms with van der Waals surface area (Å²) in [5.41, 5.74) is -0.619. The zero-order valence-corrected chi connectivity index (χ0v) is 15.7. The van der Waals surface area contributed by atoms with Crippen molar-refractivity contribution in [1.82, 2.24) is 15.6 Å². The lowest BCUT2D eigenvalue weighted by molar-refractivity contribution is -0.130. The Morgan fingerprint density at radius 3 is 2.50 bits per heavy atom. The van der Waals surface area contributed by atoms with Crippen LogP contribution in [0.3, 0.4) is 0 Å². The van der Waals surface area contributed by atoms with Crippen LogP contribution < -0.4 is 10.6 Å². The Morgan fingerprint density at radius 1 is 1.17 bits per heavy atom. The normalized spacial score (nSPS) is 23.2. The van der Waals surface area contributed by atoms with Gasteiger partial charge < -0.3 is 20.7 Å². The van der Waals surface area contributed by atoms with Gasteiger partial charge in [-0.25, -0.2) is 13.2 Å². The summed E-state index contributed by atoms with van der Waals surface area (Å²) in [7, 11) is 0. The van der Waals surface area contributed by atoms with Gasteiger partial charge in [-0.05, 0) is 36.2 Å². The quantitative estimate of drug-likeness (QED) is 0.490. The second kappa shape index (κ2) is 7.17. The molecular weight excluding hydrogens is 399 g/mol. The SMILES string of the molecule is CC(C(=O)N[C@@H]1C(=O)NC(F)[C@@H]1O)(c1ccc(F)cc1)c1c[nH]c2c(F)cccc12. The van der Waals surface area contributed by atoms with Crippen LogP contribution in [-0.4, -0.2) is 40.3 Å². The third kappa shape index (κ3) is 3.02. The molecule has 2 amide bonds. The van der Waals surface area contributed by atoms with Gasteiger partial charge in [0.1, 0.15) is 23.8 Å². The summed E-state index contributed by atoms with van der Waals surface area (Å²) in [6.45, 7) is 1.52. The van der Waals surface area contributed by atoms with Crippen molar-refractivity contribution < 1.29 is 27.9 Å². The van der Waals surface area contributed by atoms with Crippen molar-refractivity contribution in [3.05, 3.63) is 71.4 Å². The third-order valence-electron chi connectivity index (χ3n) is 5.57. The number of para-hydroxylation sites is 1. The van der Waals surface area contributed by atoms with E-state index in [0.717, 1.165) is 0 Å². The highest BCUT2D eigenvalue weighted by Crippen LogP contribution is 2.38. The van der Waals surface area contributed by atoms with E-state index in [0.29, 0.717) is 16.5 Å². The van der Waals surface area contributed by atoms with E-state index in [2.05, 4.69) is 10.3 Å². The van der Waals surface area contributed by atoms with Crippen LogP contribution in [0.1, 0.15) is 18.1 Å². The molecule has 0 saturated carbocycles. The lowest BCUT2D eigenvalue weighted by Gasteiger charge is -2.30. The average Bonchev–Trinajstić information content (AvgIpc) is 3.26. The highest BCUT2D eigenvalue weighted by Gasteiger charge is 2.46. The number of H-pyrrole nitrogens is 1. The monoisotopic (exact) mass is 417 g/mol. The van der Waals surface area contributed by atoms with E-state index in [4.69, 9.17) is 0 Å². The van der Waals surface area contributed by atoms with E-state index in [1.807, 2.05) is 5.32 Å². The van der Waals surface area contributed by atoms with E-state index >= 15 is 0 Å². The second-order valence-electron chi connectivity index (χ2n) is 7.35. The maximum atomic E-state index is 14.2. The fourth-order valence-corrected chi connectivity index (χ4v) is 3.79. The summed E-state index contributed by atoms with van der Waals surface area (Å²) in [4.78, 5) is 28.2. The Hall–Kier alpha value is -3.33. The molecule has 1 aliphatic rings. The molecule has 2 heterocycles. The molecule has 4 atom stereocenters. The molecule has 1 aliphatic heterocycles. The van der Waals surface area contributed by atoms with E-state index in [-0.39, 0.29) is 5.52 Å². The molecule has 1 fully saturated rings. The number of benzene rings is 2. The summed E-state index contributed by atoms with van der Waals surface area (Å²) in [6.07, 6.45) is -2.32. The van der Waals surface area contributed by atoms with Gasteiger partial charge in [0.2, 0.25) is 18.1 Å². The minimum absolute atomic E-state index is 0.177. The topological polar surface area (TPSA) is 94.2 Å². The molecule has 6 nitrogen and oxygen atoms in total. The minimum Gasteiger partial charge on any atom is -0.385 e. The number of aliphatic hydroxyl groups is 1. The van der Waals surface area contributed by atoms with Gasteiger partial charge in [-0.3, -0.25) is 9.59 Å². The number of nitrogens with one attached hydrogen (secondary N) is 3. The number of halogens is 3. The van der Waals surface area contributed by atoms with Gasteiger partial charge in [-0.1, -0.05) is 24.3 Å². The lowest BCUT2D eigenvalue weighted by atomic mass is 9.75. The Bertz CT molecular complexity index is 1130. The number of hydrogen-bond donors (Lipinski definition) is 4. The highest BCUT2D eigenvalue weighted by atomic mass is 19.1. The number of carbonyl (C=O) groups excluding carboxylic acids is 2. The Labute approximate surface area is 169 Å². The van der Waals surface area contributed by atoms with Crippen LogP contribution in [0.4, 0.5) is 13.2 Å². The van der Waals surface area contributed by atoms with Crippen LogP contribution >= 0.6 is 0 Å². The third-order valence-corrected chi connectivity index (χ3v) is 5.57. The molecule has 4 rings (SSSR count). The Balaban J connectivity index is 1.84. The maximum Gasteiger partial charge on any atom is 0.247 e. The molecule has 2 unspecified atom stereocenters. The van der Waals surface area contributed by atoms with Gasteiger partial charge in [0, 0.05) is 11.6 Å². The molecular formula is C21H18F3N3O3. The second-order valence-corrected chi connectivity index (χ2v) is 7.35. The van der Waals surface area contributed by atoms with Gasteiger partial charge in [-0.15, -0.1) is 0 Å². The van der Waals surface area contributed by atoms with Gasteiger partial charge in [-0.2, -0.15) is 0 Å². The summed E-state index contributed by atoms with van der Waals surface area (Å²) in [6, 6.07) is 8.00. The van der Waals surface area contributed by atoms with Crippen molar-refractivity contribution >= 4 is 22.7 Å². The number of fused-ring (bicyclic) bond motifs is 1. The van der Waals surface area contributed by atoms with Crippen LogP contribution in [0.15, 0.2) is 48.7 Å². The largest absolute Gasteiger partial charge is 0.385 e. The molecule has 3 aromatic rings. The Morgan fingerprint density at radius 2 is 1.87 bits per heavy atom. The summed E-state index contributed by atoms with van der Waals surface area (Å²) < 4.78 is 41.4. The zero-order chi connectivity index (χ0) is 21.6. The first-order valence-corrected chi connectivity index (χ1v) is 9.19. The lowest BCUT2D eigenvalue weighted by Crippen LogP contribution is -2.52. The summed E-state index contributed by atoms with van der Waals surface area (Å²) in [5.74, 6) is -2.65. The first kappa shape index (κ1) is 20.0. The Kier molecular flexibility index (Phi) is 4.77. The van der Waals surface area contributed by atoms with Crippen molar-refractivity contribution in [2.24, 2.45) is 0 Å². The predicted octanol–water partition coefficient (Wildman–Crippen LogP) is 2.02. The number of aliphatic hydroxyl groups excluding tert-OH is 1. The van der Waals surface area contributed by atoms with Crippen LogP contribution in [0.5, 0.6) is 0 Å². The number of aromatic nitrogens is 1. The maximum absolute atomic E-state index is 14.2. The van der Waals surface area contributed by atoms with Crippen LogP contribution in [0.2, 0.25) is 0 Å². The fourth-order valence-electron chi connectivity index (χ4n) is 3.79. The molecule has 1 aromatic heterocycles. The standard InChI is InChI=1S/C21H18F3N3O3/c1-21(10-5-7-11(22)8-6-10,13-9-25-15-12(13)3-2-4-14(15)23)20(30)26-16-17(28)18(24)27-19(16)29/h2-9,16-18,25,28H,1H3,(H,26,30)(H,27,29)/t16-,17+,18?,21?/m0/s1. The smallest absolute Gasteiger partial charge is 0.247 e. The van der Waals surface area contributed by atoms with Gasteiger partial charge in [0.05, 0.1) is 10.9 Å². The number of carbonyl (C=O) groups is 2. The molecule has 4 N–H and O–H groups in total. The molecule has 156 valence electrons. The van der Waals surface area contributed by atoms with Gasteiger partial charge >= 0.3 is 0 Å². The average molecular weight is 417 g/mol. The number of amides is 2. The summed E-state index contributed by atoms with van der Waals surface area (Å²) in [5, 5.41) is 14.6. The van der Waals surface area contributed by atoms with E-state index in [1.54, 1.807) is 6.07 Å². The van der Waals surface area contributed by atoms with Crippen molar-refractivity contribution in [2.45, 2.75) is 30.8 Å². The molecule has 0 spiro atoms. The van der Waals surface area contributed by atoms with E-state index < -0.39 is 47.3 Å². The van der Waals surface area contributed by atoms with Crippen molar-refractivity contribution in [1.29, 1.82) is 0 Å². The van der Waals surface area contributed by atoms with Crippen LogP contribution in [0.25, 0.3) is 10.9 Å². The van der Waals surface area contributed by atoms with Crippen molar-refractivity contribution in [3.63, 3.8) is 0 Å². The van der Waals surface area contributed by atoms with E-state index in [9.17, 15) is 27.9 Å². The molecule has 0 radical (unpaired) electrons. The van der Waals surface area contributed by atoms with Gasteiger partial charge in [0.25, 0.3) is 0 Å². The molecule has 0 bridgehead atoms. The number of hydrogen-bond acceptors (Lipinski definition) is 3. The van der Waals surface area contributed by atoms with Crippen LogP contribution in [-0.2, 0) is 15.0 Å².